The molecule has 1 heterocycles. The van der Waals surface area contributed by atoms with E-state index in [2.05, 4.69) is 21.2 Å². The monoisotopic (exact) mass is 422 g/mol. The number of hydrazine groups is 1. The minimum atomic E-state index is -0.176. The minimum absolute atomic E-state index is 0.176. The number of para-hydroxylation sites is 1. The fourth-order valence-electron chi connectivity index (χ4n) is 2.03. The average Bonchev–Trinajstić information content (AvgIpc) is 3.07. The third-order valence-corrected chi connectivity index (χ3v) is 5.96. The lowest BCUT2D eigenvalue weighted by molar-refractivity contribution is -0.119. The van der Waals surface area contributed by atoms with E-state index in [4.69, 9.17) is 23.8 Å². The Morgan fingerprint density at radius 2 is 1.92 bits per heavy atom. The van der Waals surface area contributed by atoms with Gasteiger partial charge in [-0.05, 0) is 42.0 Å². The van der Waals surface area contributed by atoms with Gasteiger partial charge >= 0.3 is 0 Å². The van der Waals surface area contributed by atoms with Gasteiger partial charge < -0.3 is 5.32 Å². The number of carbonyl (C=O) groups is 1. The van der Waals surface area contributed by atoms with Crippen molar-refractivity contribution in [1.82, 2.24) is 21.2 Å². The molecule has 134 valence electrons. The number of aromatic nitrogens is 1. The summed E-state index contributed by atoms with van der Waals surface area (Å²) in [6.07, 6.45) is 0. The van der Waals surface area contributed by atoms with Crippen LogP contribution in [0.15, 0.2) is 52.9 Å². The lowest BCUT2D eigenvalue weighted by Crippen LogP contribution is -2.47. The summed E-state index contributed by atoms with van der Waals surface area (Å²) >= 11 is 14.0. The third kappa shape index (κ3) is 5.57. The van der Waals surface area contributed by atoms with Crippen LogP contribution in [0.4, 0.5) is 0 Å². The molecule has 1 amide bonds. The zero-order valence-electron chi connectivity index (χ0n) is 13.5. The summed E-state index contributed by atoms with van der Waals surface area (Å²) in [7, 11) is 0. The number of thiazole rings is 1. The zero-order valence-corrected chi connectivity index (χ0v) is 16.7. The molecule has 0 atom stereocenters. The first kappa shape index (κ1) is 18.9. The second-order valence-electron chi connectivity index (χ2n) is 5.22. The van der Waals surface area contributed by atoms with E-state index >= 15 is 0 Å². The van der Waals surface area contributed by atoms with Crippen LogP contribution in [0, 0.1) is 0 Å². The van der Waals surface area contributed by atoms with Crippen molar-refractivity contribution in [3.05, 3.63) is 59.1 Å². The maximum atomic E-state index is 11.9. The SMILES string of the molecule is O=C(CSc1nc2ccccc2s1)NNC(=S)NCc1ccc(Cl)cc1. The lowest BCUT2D eigenvalue weighted by Gasteiger charge is -2.11. The molecule has 0 aliphatic carbocycles. The van der Waals surface area contributed by atoms with E-state index in [1.165, 1.54) is 11.8 Å². The van der Waals surface area contributed by atoms with Crippen molar-refractivity contribution in [2.45, 2.75) is 10.9 Å². The van der Waals surface area contributed by atoms with Crippen molar-refractivity contribution in [3.8, 4) is 0 Å². The van der Waals surface area contributed by atoms with E-state index in [1.807, 2.05) is 48.5 Å². The number of hydrogen-bond acceptors (Lipinski definition) is 5. The summed E-state index contributed by atoms with van der Waals surface area (Å²) in [5, 5.41) is 4.04. The summed E-state index contributed by atoms with van der Waals surface area (Å²) in [6, 6.07) is 15.4. The predicted molar refractivity (Wildman–Crippen MR) is 113 cm³/mol. The van der Waals surface area contributed by atoms with Crippen LogP contribution in [0.2, 0.25) is 5.02 Å². The van der Waals surface area contributed by atoms with Gasteiger partial charge in [0.15, 0.2) is 9.45 Å². The topological polar surface area (TPSA) is 66.0 Å². The fourth-order valence-corrected chi connectivity index (χ4v) is 4.15. The average molecular weight is 423 g/mol. The number of rotatable bonds is 5. The molecule has 3 N–H and O–H groups in total. The maximum absolute atomic E-state index is 11.9. The molecule has 0 saturated heterocycles. The highest BCUT2D eigenvalue weighted by Crippen LogP contribution is 2.28. The molecule has 1 aromatic heterocycles. The first-order valence-corrected chi connectivity index (χ1v) is 10.2. The molecular weight excluding hydrogens is 408 g/mol. The molecule has 5 nitrogen and oxygen atoms in total. The summed E-state index contributed by atoms with van der Waals surface area (Å²) < 4.78 is 1.98. The van der Waals surface area contributed by atoms with Gasteiger partial charge in [0.2, 0.25) is 5.91 Å². The lowest BCUT2D eigenvalue weighted by atomic mass is 10.2. The van der Waals surface area contributed by atoms with Crippen LogP contribution in [0.5, 0.6) is 0 Å². The summed E-state index contributed by atoms with van der Waals surface area (Å²) in [5.74, 6) is 0.0805. The highest BCUT2D eigenvalue weighted by molar-refractivity contribution is 8.01. The molecule has 0 spiro atoms. The molecule has 0 aliphatic heterocycles. The Kier molecular flexibility index (Phi) is 6.67. The van der Waals surface area contributed by atoms with E-state index in [0.717, 1.165) is 20.1 Å². The van der Waals surface area contributed by atoms with E-state index in [9.17, 15) is 4.79 Å². The highest BCUT2D eigenvalue weighted by Gasteiger charge is 2.07. The molecule has 0 radical (unpaired) electrons. The van der Waals surface area contributed by atoms with Crippen molar-refractivity contribution >= 4 is 68.2 Å². The zero-order chi connectivity index (χ0) is 18.4. The summed E-state index contributed by atoms with van der Waals surface area (Å²) in [5.41, 5.74) is 7.25. The molecule has 2 aromatic carbocycles. The molecule has 0 unspecified atom stereocenters. The maximum Gasteiger partial charge on any atom is 0.248 e. The van der Waals surface area contributed by atoms with Crippen molar-refractivity contribution in [1.29, 1.82) is 0 Å². The van der Waals surface area contributed by atoms with Gasteiger partial charge in [-0.2, -0.15) is 0 Å². The normalized spacial score (nSPS) is 10.5. The fraction of sp³-hybridized carbons (Fsp3) is 0.118. The number of benzene rings is 2. The van der Waals surface area contributed by atoms with Crippen LogP contribution >= 0.6 is 46.9 Å². The Morgan fingerprint density at radius 3 is 2.69 bits per heavy atom. The van der Waals surface area contributed by atoms with Crippen LogP contribution in [-0.2, 0) is 11.3 Å². The number of nitrogens with zero attached hydrogens (tertiary/aromatic N) is 1. The third-order valence-electron chi connectivity index (χ3n) is 3.28. The Balaban J connectivity index is 1.37. The largest absolute Gasteiger partial charge is 0.357 e. The van der Waals surface area contributed by atoms with Crippen LogP contribution in [0.3, 0.4) is 0 Å². The van der Waals surface area contributed by atoms with Gasteiger partial charge in [-0.3, -0.25) is 15.6 Å². The number of halogens is 1. The Labute approximate surface area is 169 Å². The number of thiocarbonyl (C=S) groups is 1. The predicted octanol–water partition coefficient (Wildman–Crippen LogP) is 3.74. The number of hydrogen-bond donors (Lipinski definition) is 3. The molecular formula is C17H15ClN4OS3. The number of amides is 1. The summed E-state index contributed by atoms with van der Waals surface area (Å²) in [6.45, 7) is 0.541. The second-order valence-corrected chi connectivity index (χ2v) is 8.32. The minimum Gasteiger partial charge on any atom is -0.357 e. The van der Waals surface area contributed by atoms with Crippen LogP contribution < -0.4 is 16.2 Å². The van der Waals surface area contributed by atoms with Gasteiger partial charge in [0.25, 0.3) is 0 Å². The smallest absolute Gasteiger partial charge is 0.248 e. The molecule has 9 heteroatoms. The van der Waals surface area contributed by atoms with Crippen LogP contribution in [0.1, 0.15) is 5.56 Å². The standard InChI is InChI=1S/C17H15ClN4OS3/c18-12-7-5-11(6-8-12)9-19-16(24)22-21-15(23)10-25-17-20-13-3-1-2-4-14(13)26-17/h1-8H,9-10H2,(H,21,23)(H2,19,22,24). The van der Waals surface area contributed by atoms with E-state index < -0.39 is 0 Å². The first-order chi connectivity index (χ1) is 12.6. The van der Waals surface area contributed by atoms with Crippen molar-refractivity contribution in [2.24, 2.45) is 0 Å². The molecule has 0 aliphatic rings. The van der Waals surface area contributed by atoms with Gasteiger partial charge in [-0.1, -0.05) is 47.6 Å². The van der Waals surface area contributed by atoms with Gasteiger partial charge in [0.05, 0.1) is 16.0 Å². The first-order valence-electron chi connectivity index (χ1n) is 7.65. The Bertz CT molecular complexity index is 881. The highest BCUT2D eigenvalue weighted by atomic mass is 35.5. The van der Waals surface area contributed by atoms with Gasteiger partial charge in [0, 0.05) is 11.6 Å². The van der Waals surface area contributed by atoms with Gasteiger partial charge in [-0.25, -0.2) is 4.98 Å². The van der Waals surface area contributed by atoms with E-state index in [1.54, 1.807) is 11.3 Å². The molecule has 0 saturated carbocycles. The van der Waals surface area contributed by atoms with Gasteiger partial charge in [0.1, 0.15) is 0 Å². The molecule has 0 fully saturated rings. The quantitative estimate of drug-likeness (QED) is 0.330. The molecule has 3 rings (SSSR count). The summed E-state index contributed by atoms with van der Waals surface area (Å²) in [4.78, 5) is 16.4. The van der Waals surface area contributed by atoms with Crippen molar-refractivity contribution in [3.63, 3.8) is 0 Å². The Morgan fingerprint density at radius 1 is 1.15 bits per heavy atom. The number of thioether (sulfide) groups is 1. The molecule has 0 bridgehead atoms. The molecule has 3 aromatic rings. The Hall–Kier alpha value is -1.87. The second kappa shape index (κ2) is 9.18. The number of carbonyl (C=O) groups excluding carboxylic acids is 1. The van der Waals surface area contributed by atoms with E-state index in [0.29, 0.717) is 16.7 Å². The van der Waals surface area contributed by atoms with Crippen LogP contribution in [-0.4, -0.2) is 21.8 Å². The van der Waals surface area contributed by atoms with E-state index in [-0.39, 0.29) is 11.7 Å². The number of nitrogens with one attached hydrogen (secondary N) is 3. The molecule has 26 heavy (non-hydrogen) atoms. The van der Waals surface area contributed by atoms with Crippen LogP contribution in [0.25, 0.3) is 10.2 Å². The number of fused-ring (bicyclic) bond motifs is 1. The van der Waals surface area contributed by atoms with Gasteiger partial charge in [-0.15, -0.1) is 11.3 Å². The van der Waals surface area contributed by atoms with Crippen molar-refractivity contribution in [2.75, 3.05) is 5.75 Å². The van der Waals surface area contributed by atoms with Crippen molar-refractivity contribution < 1.29 is 4.79 Å².